The van der Waals surface area contributed by atoms with Crippen LogP contribution in [0.1, 0.15) is 36.7 Å². The molecule has 32 heavy (non-hydrogen) atoms. The Morgan fingerprint density at radius 1 is 1.19 bits per heavy atom. The maximum absolute atomic E-state index is 9.14. The maximum atomic E-state index is 9.14. The standard InChI is InChI=1S/C23H27N7.2ClH/c1-2-5-18-13-22(29-23(27-18)28-19-7-3-6-17(12-19)14-24)30-11-9-21(16-30)26-15-20-8-4-10-25-20;;/h3-4,6-8,10,12-13,21,25-26H,2,5,9,11,15-16H2,1H3,(H,27,28,29);2*1H/t21-;;/m0../s1. The van der Waals surface area contributed by atoms with Crippen LogP contribution in [0.2, 0.25) is 0 Å². The van der Waals surface area contributed by atoms with Crippen molar-refractivity contribution in [2.75, 3.05) is 23.3 Å². The van der Waals surface area contributed by atoms with Gasteiger partial charge in [-0.2, -0.15) is 10.2 Å². The van der Waals surface area contributed by atoms with E-state index in [9.17, 15) is 0 Å². The number of nitrogens with zero attached hydrogens (tertiary/aromatic N) is 4. The van der Waals surface area contributed by atoms with Gasteiger partial charge in [0.15, 0.2) is 0 Å². The summed E-state index contributed by atoms with van der Waals surface area (Å²) in [6, 6.07) is 16.2. The maximum Gasteiger partial charge on any atom is 0.229 e. The van der Waals surface area contributed by atoms with Crippen LogP contribution >= 0.6 is 24.8 Å². The number of hydrogen-bond acceptors (Lipinski definition) is 6. The summed E-state index contributed by atoms with van der Waals surface area (Å²) in [7, 11) is 0. The zero-order chi connectivity index (χ0) is 20.8. The molecule has 7 nitrogen and oxygen atoms in total. The minimum atomic E-state index is 0. The number of hydrogen-bond donors (Lipinski definition) is 3. The lowest BCUT2D eigenvalue weighted by Crippen LogP contribution is -2.32. The lowest BCUT2D eigenvalue weighted by atomic mass is 10.2. The third kappa shape index (κ3) is 6.60. The largest absolute Gasteiger partial charge is 0.364 e. The van der Waals surface area contributed by atoms with E-state index in [1.807, 2.05) is 30.5 Å². The zero-order valence-corrected chi connectivity index (χ0v) is 19.7. The molecule has 0 unspecified atom stereocenters. The van der Waals surface area contributed by atoms with Crippen molar-refractivity contribution < 1.29 is 0 Å². The van der Waals surface area contributed by atoms with Gasteiger partial charge in [0.1, 0.15) is 5.82 Å². The van der Waals surface area contributed by atoms with Gasteiger partial charge in [-0.15, -0.1) is 24.8 Å². The van der Waals surface area contributed by atoms with Gasteiger partial charge in [-0.3, -0.25) is 0 Å². The van der Waals surface area contributed by atoms with Gasteiger partial charge >= 0.3 is 0 Å². The second kappa shape index (κ2) is 12.3. The first-order valence-corrected chi connectivity index (χ1v) is 10.5. The van der Waals surface area contributed by atoms with Gasteiger partial charge in [0, 0.05) is 55.0 Å². The van der Waals surface area contributed by atoms with Crippen LogP contribution in [0.5, 0.6) is 0 Å². The number of nitriles is 1. The Balaban J connectivity index is 0.00000181. The van der Waals surface area contributed by atoms with Gasteiger partial charge in [-0.05, 0) is 43.2 Å². The molecule has 9 heteroatoms. The average molecular weight is 474 g/mol. The Morgan fingerprint density at radius 2 is 2.06 bits per heavy atom. The number of rotatable bonds is 8. The van der Waals surface area contributed by atoms with Crippen molar-refractivity contribution in [3.8, 4) is 6.07 Å². The Kier molecular flexibility index (Phi) is 9.79. The molecule has 2 aromatic heterocycles. The van der Waals surface area contributed by atoms with E-state index >= 15 is 0 Å². The molecule has 1 aliphatic rings. The molecule has 0 amide bonds. The number of nitrogens with one attached hydrogen (secondary N) is 3. The van der Waals surface area contributed by atoms with E-state index in [-0.39, 0.29) is 24.8 Å². The van der Waals surface area contributed by atoms with Gasteiger partial charge in [-0.1, -0.05) is 19.4 Å². The van der Waals surface area contributed by atoms with E-state index in [0.717, 1.165) is 56.1 Å². The number of halogens is 2. The second-order valence-corrected chi connectivity index (χ2v) is 7.62. The third-order valence-electron chi connectivity index (χ3n) is 5.28. The fourth-order valence-corrected chi connectivity index (χ4v) is 3.75. The van der Waals surface area contributed by atoms with E-state index in [2.05, 4.69) is 50.6 Å². The Morgan fingerprint density at radius 3 is 2.81 bits per heavy atom. The van der Waals surface area contributed by atoms with E-state index in [0.29, 0.717) is 17.6 Å². The summed E-state index contributed by atoms with van der Waals surface area (Å²) in [5.74, 6) is 1.53. The highest BCUT2D eigenvalue weighted by atomic mass is 35.5. The van der Waals surface area contributed by atoms with Crippen LogP contribution in [0.4, 0.5) is 17.5 Å². The van der Waals surface area contributed by atoms with Crippen molar-refractivity contribution in [1.82, 2.24) is 20.3 Å². The second-order valence-electron chi connectivity index (χ2n) is 7.62. The van der Waals surface area contributed by atoms with Crippen molar-refractivity contribution in [2.24, 2.45) is 0 Å². The van der Waals surface area contributed by atoms with Crippen molar-refractivity contribution in [1.29, 1.82) is 5.26 Å². The molecule has 1 aromatic carbocycles. The summed E-state index contributed by atoms with van der Waals surface area (Å²) < 4.78 is 0. The van der Waals surface area contributed by atoms with Crippen LogP contribution in [0, 0.1) is 11.3 Å². The van der Waals surface area contributed by atoms with E-state index in [1.54, 1.807) is 6.07 Å². The molecule has 1 fully saturated rings. The van der Waals surface area contributed by atoms with E-state index in [1.165, 1.54) is 5.69 Å². The summed E-state index contributed by atoms with van der Waals surface area (Å²) in [6.07, 6.45) is 4.97. The van der Waals surface area contributed by atoms with Gasteiger partial charge in [0.25, 0.3) is 0 Å². The van der Waals surface area contributed by atoms with Gasteiger partial charge in [0.2, 0.25) is 5.95 Å². The van der Waals surface area contributed by atoms with Crippen LogP contribution in [0.25, 0.3) is 0 Å². The summed E-state index contributed by atoms with van der Waals surface area (Å²) in [6.45, 7) is 4.89. The first kappa shape index (κ1) is 25.5. The quantitative estimate of drug-likeness (QED) is 0.443. The lowest BCUT2D eigenvalue weighted by Gasteiger charge is -2.20. The molecule has 3 heterocycles. The molecule has 0 saturated carbocycles. The molecule has 0 bridgehead atoms. The molecular weight excluding hydrogens is 445 g/mol. The molecule has 1 aliphatic heterocycles. The van der Waals surface area contributed by atoms with Crippen LogP contribution in [-0.2, 0) is 13.0 Å². The summed E-state index contributed by atoms with van der Waals surface area (Å²) in [4.78, 5) is 15.0. The molecular formula is C23H29Cl2N7. The highest BCUT2D eigenvalue weighted by Crippen LogP contribution is 2.23. The first-order chi connectivity index (χ1) is 14.7. The van der Waals surface area contributed by atoms with Crippen LogP contribution in [0.15, 0.2) is 48.7 Å². The van der Waals surface area contributed by atoms with Crippen molar-refractivity contribution in [3.05, 3.63) is 65.6 Å². The minimum Gasteiger partial charge on any atom is -0.364 e. The number of aromatic amines is 1. The molecule has 0 aliphatic carbocycles. The van der Waals surface area contributed by atoms with E-state index in [4.69, 9.17) is 10.2 Å². The fraction of sp³-hybridized carbons (Fsp3) is 0.348. The molecule has 0 radical (unpaired) electrons. The summed E-state index contributed by atoms with van der Waals surface area (Å²) >= 11 is 0. The lowest BCUT2D eigenvalue weighted by molar-refractivity contribution is 0.546. The molecule has 3 N–H and O–H groups in total. The average Bonchev–Trinajstić information content (AvgIpc) is 3.44. The molecule has 4 rings (SSSR count). The van der Waals surface area contributed by atoms with Gasteiger partial charge in [0.05, 0.1) is 11.6 Å². The van der Waals surface area contributed by atoms with Crippen LogP contribution < -0.4 is 15.5 Å². The highest BCUT2D eigenvalue weighted by molar-refractivity contribution is 5.85. The highest BCUT2D eigenvalue weighted by Gasteiger charge is 2.24. The molecule has 0 spiro atoms. The monoisotopic (exact) mass is 473 g/mol. The minimum absolute atomic E-state index is 0. The Labute approximate surface area is 201 Å². The topological polar surface area (TPSA) is 92.7 Å². The number of H-pyrrole nitrogens is 1. The SMILES string of the molecule is CCCc1cc(N2CC[C@H](NCc3ccc[nH]3)C2)nc(Nc2cccc(C#N)c2)n1.Cl.Cl. The zero-order valence-electron chi connectivity index (χ0n) is 18.0. The van der Waals surface area contributed by atoms with Crippen LogP contribution in [-0.4, -0.2) is 34.1 Å². The fourth-order valence-electron chi connectivity index (χ4n) is 3.75. The van der Waals surface area contributed by atoms with Crippen molar-refractivity contribution >= 4 is 42.3 Å². The molecule has 170 valence electrons. The summed E-state index contributed by atoms with van der Waals surface area (Å²) in [5, 5.41) is 16.0. The normalized spacial score (nSPS) is 14.9. The number of anilines is 3. The number of benzene rings is 1. The summed E-state index contributed by atoms with van der Waals surface area (Å²) in [5.41, 5.74) is 3.66. The Hall–Kier alpha value is -2.79. The molecule has 1 saturated heterocycles. The molecule has 3 aromatic rings. The van der Waals surface area contributed by atoms with Crippen molar-refractivity contribution in [3.63, 3.8) is 0 Å². The Bertz CT molecular complexity index is 1020. The smallest absolute Gasteiger partial charge is 0.229 e. The van der Waals surface area contributed by atoms with Crippen molar-refractivity contribution in [2.45, 2.75) is 38.8 Å². The van der Waals surface area contributed by atoms with Gasteiger partial charge in [-0.25, -0.2) is 4.98 Å². The first-order valence-electron chi connectivity index (χ1n) is 10.5. The van der Waals surface area contributed by atoms with Crippen LogP contribution in [0.3, 0.4) is 0 Å². The number of aryl methyl sites for hydroxylation is 1. The third-order valence-corrected chi connectivity index (χ3v) is 5.28. The number of aromatic nitrogens is 3. The van der Waals surface area contributed by atoms with E-state index < -0.39 is 0 Å². The predicted molar refractivity (Wildman–Crippen MR) is 133 cm³/mol. The van der Waals surface area contributed by atoms with Gasteiger partial charge < -0.3 is 20.5 Å². The molecule has 1 atom stereocenters. The predicted octanol–water partition coefficient (Wildman–Crippen LogP) is 4.58.